The number of benzene rings is 2. The van der Waals surface area contributed by atoms with E-state index in [1.54, 1.807) is 41.1 Å². The van der Waals surface area contributed by atoms with Crippen LogP contribution in [-0.2, 0) is 5.75 Å². The predicted octanol–water partition coefficient (Wildman–Crippen LogP) is 3.56. The van der Waals surface area contributed by atoms with Crippen molar-refractivity contribution < 1.29 is 9.50 Å². The second kappa shape index (κ2) is 6.45. The molecule has 8 heteroatoms. The lowest BCUT2D eigenvalue weighted by Gasteiger charge is -2.05. The molecule has 1 N–H and O–H groups in total. The van der Waals surface area contributed by atoms with Crippen molar-refractivity contribution in [2.75, 3.05) is 0 Å². The van der Waals surface area contributed by atoms with Gasteiger partial charge in [-0.15, -0.1) is 5.10 Å². The number of hydrogen-bond acceptors (Lipinski definition) is 5. The molecule has 0 unspecified atom stereocenters. The quantitative estimate of drug-likeness (QED) is 0.701. The van der Waals surface area contributed by atoms with Crippen LogP contribution in [0.25, 0.3) is 5.69 Å². The van der Waals surface area contributed by atoms with Crippen LogP contribution in [0.1, 0.15) is 5.56 Å². The summed E-state index contributed by atoms with van der Waals surface area (Å²) in [6, 6.07) is 11.5. The Morgan fingerprint density at radius 1 is 1.18 bits per heavy atom. The molecule has 0 spiro atoms. The van der Waals surface area contributed by atoms with Crippen molar-refractivity contribution in [2.24, 2.45) is 0 Å². The van der Waals surface area contributed by atoms with Crippen molar-refractivity contribution in [3.63, 3.8) is 0 Å². The van der Waals surface area contributed by atoms with Crippen molar-refractivity contribution in [3.8, 4) is 11.4 Å². The number of tetrazole rings is 1. The summed E-state index contributed by atoms with van der Waals surface area (Å²) < 4.78 is 15.2. The first-order valence-electron chi connectivity index (χ1n) is 6.28. The van der Waals surface area contributed by atoms with Gasteiger partial charge in [0, 0.05) is 5.75 Å². The van der Waals surface area contributed by atoms with Crippen LogP contribution in [0, 0.1) is 5.82 Å². The highest BCUT2D eigenvalue weighted by Crippen LogP contribution is 2.25. The largest absolute Gasteiger partial charge is 0.508 e. The Morgan fingerprint density at radius 2 is 1.95 bits per heavy atom. The van der Waals surface area contributed by atoms with Crippen LogP contribution in [-0.4, -0.2) is 25.3 Å². The van der Waals surface area contributed by atoms with Crippen LogP contribution in [0.3, 0.4) is 0 Å². The van der Waals surface area contributed by atoms with E-state index in [0.29, 0.717) is 15.4 Å². The topological polar surface area (TPSA) is 63.8 Å². The lowest BCUT2D eigenvalue weighted by atomic mass is 10.2. The number of phenols is 1. The second-order valence-electron chi connectivity index (χ2n) is 4.43. The molecule has 3 rings (SSSR count). The first-order valence-corrected chi connectivity index (χ1v) is 8.06. The fourth-order valence-electron chi connectivity index (χ4n) is 1.80. The van der Waals surface area contributed by atoms with Gasteiger partial charge in [-0.05, 0) is 68.3 Å². The molecule has 0 amide bonds. The molecule has 3 aromatic rings. The predicted molar refractivity (Wildman–Crippen MR) is 84.5 cm³/mol. The van der Waals surface area contributed by atoms with Gasteiger partial charge in [0.1, 0.15) is 11.6 Å². The van der Waals surface area contributed by atoms with E-state index in [9.17, 15) is 9.50 Å². The maximum Gasteiger partial charge on any atom is 0.214 e. The molecule has 0 radical (unpaired) electrons. The minimum absolute atomic E-state index is 0.183. The SMILES string of the molecule is Oc1ccc(-n2nnnc2SCc2ccc(F)c(Br)c2)cc1. The summed E-state index contributed by atoms with van der Waals surface area (Å²) in [5.74, 6) is 0.502. The second-order valence-corrected chi connectivity index (χ2v) is 6.22. The average Bonchev–Trinajstić information content (AvgIpc) is 2.98. The highest BCUT2D eigenvalue weighted by atomic mass is 79.9. The normalized spacial score (nSPS) is 10.8. The number of thioether (sulfide) groups is 1. The van der Waals surface area contributed by atoms with Crippen LogP contribution in [0.4, 0.5) is 4.39 Å². The van der Waals surface area contributed by atoms with Crippen LogP contribution in [0.5, 0.6) is 5.75 Å². The molecule has 0 aliphatic carbocycles. The van der Waals surface area contributed by atoms with Gasteiger partial charge in [0.2, 0.25) is 5.16 Å². The van der Waals surface area contributed by atoms with Crippen molar-refractivity contribution in [3.05, 3.63) is 58.3 Å². The van der Waals surface area contributed by atoms with Gasteiger partial charge < -0.3 is 5.11 Å². The molecule has 0 fully saturated rings. The van der Waals surface area contributed by atoms with Crippen molar-refractivity contribution in [1.82, 2.24) is 20.2 Å². The summed E-state index contributed by atoms with van der Waals surface area (Å²) in [6.45, 7) is 0. The monoisotopic (exact) mass is 380 g/mol. The van der Waals surface area contributed by atoms with E-state index >= 15 is 0 Å². The fourth-order valence-corrected chi connectivity index (χ4v) is 3.06. The molecule has 112 valence electrons. The Balaban J connectivity index is 1.77. The number of phenolic OH excluding ortho intramolecular Hbond substituents is 1. The minimum Gasteiger partial charge on any atom is -0.508 e. The number of hydrogen-bond donors (Lipinski definition) is 1. The fraction of sp³-hybridized carbons (Fsp3) is 0.0714. The zero-order chi connectivity index (χ0) is 15.5. The van der Waals surface area contributed by atoms with Crippen LogP contribution in [0.15, 0.2) is 52.1 Å². The van der Waals surface area contributed by atoms with Crippen LogP contribution >= 0.6 is 27.7 Å². The third-order valence-electron chi connectivity index (χ3n) is 2.89. The van der Waals surface area contributed by atoms with E-state index in [-0.39, 0.29) is 11.6 Å². The summed E-state index contributed by atoms with van der Waals surface area (Å²) in [7, 11) is 0. The Morgan fingerprint density at radius 3 is 2.68 bits per heavy atom. The van der Waals surface area contributed by atoms with E-state index in [4.69, 9.17) is 0 Å². The third-order valence-corrected chi connectivity index (χ3v) is 4.49. The van der Waals surface area contributed by atoms with E-state index in [1.807, 2.05) is 0 Å². The van der Waals surface area contributed by atoms with Gasteiger partial charge in [0.25, 0.3) is 0 Å². The summed E-state index contributed by atoms with van der Waals surface area (Å²) >= 11 is 4.61. The van der Waals surface area contributed by atoms with E-state index in [1.165, 1.54) is 17.8 Å². The highest BCUT2D eigenvalue weighted by Gasteiger charge is 2.10. The van der Waals surface area contributed by atoms with Gasteiger partial charge in [0.05, 0.1) is 10.2 Å². The number of halogens is 2. The summed E-state index contributed by atoms with van der Waals surface area (Å²) in [5.41, 5.74) is 1.71. The maximum atomic E-state index is 13.2. The maximum absolute atomic E-state index is 13.2. The van der Waals surface area contributed by atoms with Gasteiger partial charge in [0.15, 0.2) is 0 Å². The Kier molecular flexibility index (Phi) is 4.39. The van der Waals surface area contributed by atoms with Crippen molar-refractivity contribution in [1.29, 1.82) is 0 Å². The first-order chi connectivity index (χ1) is 10.6. The smallest absolute Gasteiger partial charge is 0.214 e. The lowest BCUT2D eigenvalue weighted by Crippen LogP contribution is -1.98. The minimum atomic E-state index is -0.289. The standard InChI is InChI=1S/C14H10BrFN4OS/c15-12-7-9(1-6-13(12)16)8-22-14-17-18-19-20(14)10-2-4-11(21)5-3-10/h1-7,21H,8H2. The number of nitrogens with zero attached hydrogens (tertiary/aromatic N) is 4. The zero-order valence-corrected chi connectivity index (χ0v) is 13.6. The number of rotatable bonds is 4. The van der Waals surface area contributed by atoms with Crippen LogP contribution < -0.4 is 0 Å². The molecule has 0 aliphatic rings. The van der Waals surface area contributed by atoms with E-state index in [0.717, 1.165) is 11.3 Å². The third kappa shape index (κ3) is 3.28. The molecule has 1 heterocycles. The Hall–Kier alpha value is -1.93. The zero-order valence-electron chi connectivity index (χ0n) is 11.1. The molecule has 0 aliphatic heterocycles. The molecule has 22 heavy (non-hydrogen) atoms. The molecule has 5 nitrogen and oxygen atoms in total. The highest BCUT2D eigenvalue weighted by molar-refractivity contribution is 9.10. The number of aromatic hydroxyl groups is 1. The van der Waals surface area contributed by atoms with Gasteiger partial charge in [-0.25, -0.2) is 4.39 Å². The summed E-state index contributed by atoms with van der Waals surface area (Å²) in [5, 5.41) is 21.5. The van der Waals surface area contributed by atoms with Crippen molar-refractivity contribution in [2.45, 2.75) is 10.9 Å². The molecular formula is C14H10BrFN4OS. The molecular weight excluding hydrogens is 371 g/mol. The van der Waals surface area contributed by atoms with Gasteiger partial charge >= 0.3 is 0 Å². The molecule has 0 atom stereocenters. The van der Waals surface area contributed by atoms with E-state index in [2.05, 4.69) is 31.5 Å². The molecule has 0 saturated heterocycles. The molecule has 0 saturated carbocycles. The van der Waals surface area contributed by atoms with E-state index < -0.39 is 0 Å². The summed E-state index contributed by atoms with van der Waals surface area (Å²) in [4.78, 5) is 0. The van der Waals surface area contributed by atoms with Crippen molar-refractivity contribution >= 4 is 27.7 Å². The Bertz CT molecular complexity index is 794. The van der Waals surface area contributed by atoms with Crippen LogP contribution in [0.2, 0.25) is 0 Å². The van der Waals surface area contributed by atoms with Gasteiger partial charge in [-0.1, -0.05) is 17.8 Å². The van der Waals surface area contributed by atoms with Gasteiger partial charge in [-0.3, -0.25) is 0 Å². The molecule has 0 bridgehead atoms. The first kappa shape index (κ1) is 15.0. The average molecular weight is 381 g/mol. The summed E-state index contributed by atoms with van der Waals surface area (Å²) in [6.07, 6.45) is 0. The number of aromatic nitrogens is 4. The van der Waals surface area contributed by atoms with Gasteiger partial charge in [-0.2, -0.15) is 4.68 Å². The molecule has 1 aromatic heterocycles. The lowest BCUT2D eigenvalue weighted by molar-refractivity contribution is 0.475. The molecule has 2 aromatic carbocycles. The Labute approximate surface area is 138 Å².